The van der Waals surface area contributed by atoms with Crippen molar-refractivity contribution in [3.05, 3.63) is 156 Å². The standard InChI is InChI=1S/C48H37N3S/c1-29-21-22-40(49(28-29)23-12-17-32-31(3)50-24-11-10-18-41(50)34-14-5-4-13-33(32)34)37-26-39-43(25-30(37)2)51-42-19-8-6-15-35(42)38-27-45-46(47(39)48(38)51)36-16-7-9-20-44(36)52-45/h4-16,18-28,31-32H,17H2,1-3H3/q+2/b23-12+. The van der Waals surface area contributed by atoms with E-state index < -0.39 is 0 Å². The summed E-state index contributed by atoms with van der Waals surface area (Å²) in [6.45, 7) is 6.83. The molecule has 6 heterocycles. The number of thiophene rings is 1. The Morgan fingerprint density at radius 1 is 0.673 bits per heavy atom. The summed E-state index contributed by atoms with van der Waals surface area (Å²) in [5.74, 6) is 0.385. The van der Waals surface area contributed by atoms with Crippen LogP contribution in [0, 0.1) is 13.8 Å². The maximum Gasteiger partial charge on any atom is 0.218 e. The van der Waals surface area contributed by atoms with Gasteiger partial charge < -0.3 is 4.40 Å². The minimum atomic E-state index is 0.360. The van der Waals surface area contributed by atoms with Crippen molar-refractivity contribution in [1.82, 2.24) is 4.40 Å². The van der Waals surface area contributed by atoms with E-state index in [1.165, 1.54) is 97.5 Å². The highest BCUT2D eigenvalue weighted by molar-refractivity contribution is 7.26. The van der Waals surface area contributed by atoms with Crippen LogP contribution in [0.2, 0.25) is 0 Å². The number of para-hydroxylation sites is 1. The molecule has 0 fully saturated rings. The highest BCUT2D eigenvalue weighted by Crippen LogP contribution is 2.48. The molecule has 0 radical (unpaired) electrons. The van der Waals surface area contributed by atoms with Crippen molar-refractivity contribution >= 4 is 75.8 Å². The first-order valence-electron chi connectivity index (χ1n) is 18.4. The third-order valence-corrected chi connectivity index (χ3v) is 12.9. The van der Waals surface area contributed by atoms with Crippen LogP contribution in [0.1, 0.15) is 42.0 Å². The zero-order valence-electron chi connectivity index (χ0n) is 29.5. The highest BCUT2D eigenvalue weighted by atomic mass is 32.1. The fourth-order valence-corrected chi connectivity index (χ4v) is 10.5. The first-order chi connectivity index (χ1) is 25.5. The second-order valence-corrected chi connectivity index (χ2v) is 15.8. The summed E-state index contributed by atoms with van der Waals surface area (Å²) in [4.78, 5) is 0. The molecule has 5 aromatic carbocycles. The molecule has 4 heteroatoms. The number of rotatable bonds is 4. The van der Waals surface area contributed by atoms with Gasteiger partial charge in [-0.2, -0.15) is 9.13 Å². The molecule has 3 nitrogen and oxygen atoms in total. The third kappa shape index (κ3) is 4.13. The van der Waals surface area contributed by atoms with Gasteiger partial charge in [0, 0.05) is 71.0 Å². The van der Waals surface area contributed by atoms with Crippen LogP contribution in [0.3, 0.4) is 0 Å². The molecule has 1 aliphatic heterocycles. The molecule has 52 heavy (non-hydrogen) atoms. The fraction of sp³-hybridized carbons (Fsp3) is 0.125. The van der Waals surface area contributed by atoms with E-state index in [1.54, 1.807) is 0 Å². The molecule has 11 rings (SSSR count). The smallest absolute Gasteiger partial charge is 0.218 e. The SMILES string of the molecule is Cc1ccc(-c2cc3c4c5c(cc6c7ccccc7n(c3cc2C)c64)sc2ccccc25)[n+](/C=C/CC2c3ccccc3-c3cccc[n+]3C2C)c1. The normalized spacial score (nSPS) is 16.0. The molecule has 248 valence electrons. The lowest BCUT2D eigenvalue weighted by molar-refractivity contribution is -0.714. The van der Waals surface area contributed by atoms with E-state index in [9.17, 15) is 0 Å². The Balaban J connectivity index is 1.09. The maximum absolute atomic E-state index is 2.53. The van der Waals surface area contributed by atoms with Crippen LogP contribution in [0.5, 0.6) is 0 Å². The van der Waals surface area contributed by atoms with Crippen LogP contribution in [0.15, 0.2) is 140 Å². The number of hydrogen-bond donors (Lipinski definition) is 0. The number of aryl methyl sites for hydroxylation is 2. The molecule has 0 spiro atoms. The number of aromatic nitrogens is 3. The van der Waals surface area contributed by atoms with E-state index in [1.807, 2.05) is 11.3 Å². The van der Waals surface area contributed by atoms with Crippen molar-refractivity contribution in [2.24, 2.45) is 0 Å². The van der Waals surface area contributed by atoms with Gasteiger partial charge in [-0.05, 0) is 92.9 Å². The highest BCUT2D eigenvalue weighted by Gasteiger charge is 2.36. The lowest BCUT2D eigenvalue weighted by atomic mass is 9.82. The van der Waals surface area contributed by atoms with E-state index in [-0.39, 0.29) is 0 Å². The lowest BCUT2D eigenvalue weighted by Gasteiger charge is -2.27. The Bertz CT molecular complexity index is 3110. The number of benzene rings is 5. The summed E-state index contributed by atoms with van der Waals surface area (Å²) in [6, 6.07) is 45.6. The minimum absolute atomic E-state index is 0.360. The number of hydrogen-bond acceptors (Lipinski definition) is 1. The van der Waals surface area contributed by atoms with Gasteiger partial charge in [0.25, 0.3) is 0 Å². The van der Waals surface area contributed by atoms with Crippen LogP contribution >= 0.6 is 11.3 Å². The van der Waals surface area contributed by atoms with Gasteiger partial charge in [-0.25, -0.2) is 0 Å². The average molecular weight is 688 g/mol. The van der Waals surface area contributed by atoms with Gasteiger partial charge in [0.15, 0.2) is 24.6 Å². The zero-order valence-corrected chi connectivity index (χ0v) is 30.3. The largest absolute Gasteiger partial charge is 0.308 e. The second kappa shape index (κ2) is 11.1. The van der Waals surface area contributed by atoms with Gasteiger partial charge in [0.05, 0.1) is 28.0 Å². The summed E-state index contributed by atoms with van der Waals surface area (Å²) in [7, 11) is 0. The van der Waals surface area contributed by atoms with E-state index in [4.69, 9.17) is 0 Å². The molecule has 0 saturated heterocycles. The summed E-state index contributed by atoms with van der Waals surface area (Å²) in [5.41, 5.74) is 13.0. The molecule has 10 aromatic rings. The van der Waals surface area contributed by atoms with Crippen LogP contribution in [0.4, 0.5) is 0 Å². The molecule has 0 bridgehead atoms. The molecule has 2 atom stereocenters. The van der Waals surface area contributed by atoms with Gasteiger partial charge in [-0.3, -0.25) is 0 Å². The van der Waals surface area contributed by atoms with Gasteiger partial charge in [-0.15, -0.1) is 11.3 Å². The molecule has 2 unspecified atom stereocenters. The monoisotopic (exact) mass is 687 g/mol. The molecule has 5 aromatic heterocycles. The molecular weight excluding hydrogens is 651 g/mol. The van der Waals surface area contributed by atoms with Crippen molar-refractivity contribution in [2.45, 2.75) is 39.2 Å². The van der Waals surface area contributed by atoms with Crippen molar-refractivity contribution in [3.63, 3.8) is 0 Å². The molecular formula is C48H37N3S+2. The average Bonchev–Trinajstić information content (AvgIpc) is 3.82. The predicted molar refractivity (Wildman–Crippen MR) is 219 cm³/mol. The van der Waals surface area contributed by atoms with E-state index in [0.717, 1.165) is 6.42 Å². The van der Waals surface area contributed by atoms with Crippen molar-refractivity contribution < 1.29 is 9.13 Å². The van der Waals surface area contributed by atoms with Crippen LogP contribution in [0.25, 0.3) is 87.0 Å². The Labute approximate surface area is 306 Å². The third-order valence-electron chi connectivity index (χ3n) is 11.8. The molecule has 0 aliphatic carbocycles. The van der Waals surface area contributed by atoms with Crippen molar-refractivity contribution in [1.29, 1.82) is 0 Å². The predicted octanol–water partition coefficient (Wildman–Crippen LogP) is 11.9. The fourth-order valence-electron chi connectivity index (χ4n) is 9.37. The number of pyridine rings is 2. The maximum atomic E-state index is 2.53. The Morgan fingerprint density at radius 3 is 2.40 bits per heavy atom. The molecule has 1 aliphatic rings. The van der Waals surface area contributed by atoms with Crippen molar-refractivity contribution in [2.75, 3.05) is 0 Å². The van der Waals surface area contributed by atoms with E-state index >= 15 is 0 Å². The van der Waals surface area contributed by atoms with Gasteiger partial charge in [-0.1, -0.05) is 54.6 Å². The molecule has 0 N–H and O–H groups in total. The van der Waals surface area contributed by atoms with Crippen LogP contribution < -0.4 is 9.13 Å². The Morgan fingerprint density at radius 2 is 1.48 bits per heavy atom. The summed E-state index contributed by atoms with van der Waals surface area (Å²) in [6.07, 6.45) is 10.2. The molecule has 0 saturated carbocycles. The van der Waals surface area contributed by atoms with Gasteiger partial charge in [0.1, 0.15) is 0 Å². The van der Waals surface area contributed by atoms with Crippen LogP contribution in [-0.4, -0.2) is 4.40 Å². The van der Waals surface area contributed by atoms with Gasteiger partial charge >= 0.3 is 0 Å². The number of nitrogens with zero attached hydrogens (tertiary/aromatic N) is 3. The van der Waals surface area contributed by atoms with E-state index in [0.29, 0.717) is 12.0 Å². The minimum Gasteiger partial charge on any atom is -0.308 e. The lowest BCUT2D eigenvalue weighted by Crippen LogP contribution is -2.45. The quantitative estimate of drug-likeness (QED) is 0.163. The Hall–Kier alpha value is -5.84. The summed E-state index contributed by atoms with van der Waals surface area (Å²) in [5, 5.41) is 8.08. The topological polar surface area (TPSA) is 12.2 Å². The Kier molecular flexibility index (Phi) is 6.36. The number of fused-ring (bicyclic) bond motifs is 13. The van der Waals surface area contributed by atoms with Crippen LogP contribution in [-0.2, 0) is 0 Å². The van der Waals surface area contributed by atoms with Gasteiger partial charge in [0.2, 0.25) is 11.4 Å². The van der Waals surface area contributed by atoms with Crippen molar-refractivity contribution in [3.8, 4) is 22.5 Å². The number of allylic oxidation sites excluding steroid dienone is 1. The molecule has 0 amide bonds. The second-order valence-electron chi connectivity index (χ2n) is 14.7. The first kappa shape index (κ1) is 29.8. The zero-order chi connectivity index (χ0) is 34.7. The van der Waals surface area contributed by atoms with E-state index in [2.05, 4.69) is 180 Å². The summed E-state index contributed by atoms with van der Waals surface area (Å²) < 4.78 is 10.0. The summed E-state index contributed by atoms with van der Waals surface area (Å²) >= 11 is 1.91. The first-order valence-corrected chi connectivity index (χ1v) is 19.2.